The fourth-order valence-electron chi connectivity index (χ4n) is 3.66. The van der Waals surface area contributed by atoms with Gasteiger partial charge in [-0.1, -0.05) is 19.1 Å². The van der Waals surface area contributed by atoms with E-state index in [0.29, 0.717) is 24.3 Å². The van der Waals surface area contributed by atoms with Crippen molar-refractivity contribution in [3.05, 3.63) is 48.0 Å². The van der Waals surface area contributed by atoms with Gasteiger partial charge in [-0.05, 0) is 49.2 Å². The second-order valence-electron chi connectivity index (χ2n) is 7.28. The molecular weight excluding hydrogens is 404 g/mol. The number of para-hydroxylation sites is 2. The Labute approximate surface area is 177 Å². The minimum absolute atomic E-state index is 0.00275. The molecule has 0 aromatic heterocycles. The first-order valence-corrected chi connectivity index (χ1v) is 11.5. The van der Waals surface area contributed by atoms with Crippen LogP contribution in [0.4, 0.5) is 11.4 Å². The number of nitrogens with zero attached hydrogens (tertiary/aromatic N) is 1. The summed E-state index contributed by atoms with van der Waals surface area (Å²) in [6.45, 7) is 3.76. The van der Waals surface area contributed by atoms with E-state index in [1.165, 1.54) is 13.2 Å². The molecule has 1 aliphatic heterocycles. The zero-order chi connectivity index (χ0) is 21.9. The number of hydrogen-bond acceptors (Lipinski definition) is 5. The lowest BCUT2D eigenvalue weighted by Crippen LogP contribution is -2.35. The molecule has 1 heterocycles. The monoisotopic (exact) mass is 430 g/mol. The third kappa shape index (κ3) is 4.48. The number of anilines is 2. The molecule has 0 spiro atoms. The van der Waals surface area contributed by atoms with Crippen LogP contribution in [0, 0.1) is 0 Å². The summed E-state index contributed by atoms with van der Waals surface area (Å²) in [5.74, 6) is -0.185. The Hall–Kier alpha value is -2.87. The first kappa shape index (κ1) is 21.8. The van der Waals surface area contributed by atoms with Crippen molar-refractivity contribution in [2.75, 3.05) is 23.1 Å². The van der Waals surface area contributed by atoms with E-state index in [1.807, 2.05) is 13.8 Å². The average Bonchev–Trinajstić information content (AvgIpc) is 3.07. The number of carbonyl (C=O) groups is 2. The normalized spacial score (nSPS) is 15.6. The van der Waals surface area contributed by atoms with Gasteiger partial charge in [0.15, 0.2) is 9.84 Å². The van der Waals surface area contributed by atoms with Gasteiger partial charge in [-0.2, -0.15) is 0 Å². The molecule has 0 unspecified atom stereocenters. The Morgan fingerprint density at radius 2 is 1.93 bits per heavy atom. The van der Waals surface area contributed by atoms with Gasteiger partial charge < -0.3 is 15.0 Å². The number of methoxy groups -OCH3 is 1. The van der Waals surface area contributed by atoms with Crippen molar-refractivity contribution in [2.45, 2.75) is 44.0 Å². The number of sulfone groups is 1. The van der Waals surface area contributed by atoms with Crippen LogP contribution in [0.5, 0.6) is 5.75 Å². The number of benzene rings is 2. The van der Waals surface area contributed by atoms with Crippen LogP contribution >= 0.6 is 0 Å². The predicted molar refractivity (Wildman–Crippen MR) is 116 cm³/mol. The number of fused-ring (bicyclic) bond motifs is 1. The predicted octanol–water partition coefficient (Wildman–Crippen LogP) is 3.19. The lowest BCUT2D eigenvalue weighted by molar-refractivity contribution is -0.118. The number of carbonyl (C=O) groups excluding carboxylic acids is 2. The Kier molecular flexibility index (Phi) is 6.45. The fourth-order valence-corrected chi connectivity index (χ4v) is 4.94. The molecule has 0 aliphatic carbocycles. The number of hydrogen-bond donors (Lipinski definition) is 1. The minimum atomic E-state index is -3.64. The van der Waals surface area contributed by atoms with E-state index in [2.05, 4.69) is 5.32 Å². The highest BCUT2D eigenvalue weighted by Crippen LogP contribution is 2.34. The minimum Gasteiger partial charge on any atom is -0.495 e. The first-order chi connectivity index (χ1) is 14.3. The summed E-state index contributed by atoms with van der Waals surface area (Å²) in [6.07, 6.45) is 0.832. The van der Waals surface area contributed by atoms with E-state index < -0.39 is 15.7 Å². The summed E-state index contributed by atoms with van der Waals surface area (Å²) in [6, 6.07) is 11.8. The van der Waals surface area contributed by atoms with Crippen LogP contribution in [0.3, 0.4) is 0 Å². The zero-order valence-corrected chi connectivity index (χ0v) is 18.2. The molecular formula is C22H26N2O5S. The largest absolute Gasteiger partial charge is 0.495 e. The molecule has 2 aromatic carbocycles. The number of ether oxygens (including phenoxy) is 1. The van der Waals surface area contributed by atoms with Crippen LogP contribution in [-0.2, 0) is 25.8 Å². The van der Waals surface area contributed by atoms with Gasteiger partial charge in [0.05, 0.1) is 23.4 Å². The molecule has 0 fully saturated rings. The van der Waals surface area contributed by atoms with Crippen molar-refractivity contribution in [1.29, 1.82) is 0 Å². The third-order valence-electron chi connectivity index (χ3n) is 5.18. The highest BCUT2D eigenvalue weighted by Gasteiger charge is 2.31. The zero-order valence-electron chi connectivity index (χ0n) is 17.3. The molecule has 7 nitrogen and oxygen atoms in total. The summed E-state index contributed by atoms with van der Waals surface area (Å²) in [4.78, 5) is 26.4. The molecule has 8 heteroatoms. The molecule has 0 bridgehead atoms. The maximum atomic E-state index is 12.8. The van der Waals surface area contributed by atoms with Crippen molar-refractivity contribution < 1.29 is 22.7 Å². The summed E-state index contributed by atoms with van der Waals surface area (Å²) in [5, 5.41) is 2.69. The maximum absolute atomic E-state index is 12.8. The maximum Gasteiger partial charge on any atom is 0.226 e. The summed E-state index contributed by atoms with van der Waals surface area (Å²) < 4.78 is 30.7. The Bertz CT molecular complexity index is 1060. The summed E-state index contributed by atoms with van der Waals surface area (Å²) in [7, 11) is -2.14. The Morgan fingerprint density at radius 1 is 1.20 bits per heavy atom. The average molecular weight is 431 g/mol. The molecule has 1 aliphatic rings. The SMILES string of the molecule is CCC(=O)N1c2ccc(S(=O)(=O)CCC(=O)Nc3ccccc3OC)cc2C[C@H]1C. The van der Waals surface area contributed by atoms with E-state index in [9.17, 15) is 18.0 Å². The van der Waals surface area contributed by atoms with Crippen LogP contribution in [0.25, 0.3) is 0 Å². The highest BCUT2D eigenvalue weighted by atomic mass is 32.2. The number of rotatable bonds is 7. The summed E-state index contributed by atoms with van der Waals surface area (Å²) in [5.41, 5.74) is 2.10. The van der Waals surface area contributed by atoms with Gasteiger partial charge in [0, 0.05) is 24.6 Å². The van der Waals surface area contributed by atoms with Gasteiger partial charge in [0.1, 0.15) is 5.75 Å². The Morgan fingerprint density at radius 3 is 2.63 bits per heavy atom. The third-order valence-corrected chi connectivity index (χ3v) is 6.89. The second-order valence-corrected chi connectivity index (χ2v) is 9.39. The van der Waals surface area contributed by atoms with E-state index >= 15 is 0 Å². The smallest absolute Gasteiger partial charge is 0.226 e. The standard InChI is InChI=1S/C22H26N2O5S/c1-4-22(26)24-15(2)13-16-14-17(9-10-19(16)24)30(27,28)12-11-21(25)23-18-7-5-6-8-20(18)29-3/h5-10,14-15H,4,11-13H2,1-3H3,(H,23,25)/t15-/m1/s1. The molecule has 0 saturated heterocycles. The molecule has 1 N–H and O–H groups in total. The summed E-state index contributed by atoms with van der Waals surface area (Å²) >= 11 is 0. The van der Waals surface area contributed by atoms with Crippen LogP contribution < -0.4 is 15.0 Å². The van der Waals surface area contributed by atoms with Crippen molar-refractivity contribution >= 4 is 33.0 Å². The molecule has 3 rings (SSSR count). The fraction of sp³-hybridized carbons (Fsp3) is 0.364. The van der Waals surface area contributed by atoms with Crippen molar-refractivity contribution in [3.63, 3.8) is 0 Å². The lowest BCUT2D eigenvalue weighted by Gasteiger charge is -2.22. The Balaban J connectivity index is 1.70. The van der Waals surface area contributed by atoms with Crippen LogP contribution in [0.1, 0.15) is 32.3 Å². The molecule has 0 radical (unpaired) electrons. The first-order valence-electron chi connectivity index (χ1n) is 9.87. The van der Waals surface area contributed by atoms with Crippen molar-refractivity contribution in [2.24, 2.45) is 0 Å². The van der Waals surface area contributed by atoms with Gasteiger partial charge in [0.25, 0.3) is 0 Å². The molecule has 0 saturated carbocycles. The van der Waals surface area contributed by atoms with Gasteiger partial charge in [-0.3, -0.25) is 9.59 Å². The van der Waals surface area contributed by atoms with E-state index in [4.69, 9.17) is 4.74 Å². The van der Waals surface area contributed by atoms with Crippen molar-refractivity contribution in [3.8, 4) is 5.75 Å². The number of amides is 2. The van der Waals surface area contributed by atoms with Gasteiger partial charge >= 0.3 is 0 Å². The van der Waals surface area contributed by atoms with Gasteiger partial charge in [0.2, 0.25) is 11.8 Å². The van der Waals surface area contributed by atoms with Crippen LogP contribution in [0.2, 0.25) is 0 Å². The van der Waals surface area contributed by atoms with Gasteiger partial charge in [-0.25, -0.2) is 8.42 Å². The lowest BCUT2D eigenvalue weighted by atomic mass is 10.1. The topological polar surface area (TPSA) is 92.8 Å². The molecule has 2 aromatic rings. The van der Waals surface area contributed by atoms with E-state index in [0.717, 1.165) is 11.3 Å². The van der Waals surface area contributed by atoms with Crippen LogP contribution in [-0.4, -0.2) is 39.1 Å². The van der Waals surface area contributed by atoms with Gasteiger partial charge in [-0.15, -0.1) is 0 Å². The second kappa shape index (κ2) is 8.87. The molecule has 160 valence electrons. The molecule has 1 atom stereocenters. The quantitative estimate of drug-likeness (QED) is 0.728. The van der Waals surface area contributed by atoms with Crippen molar-refractivity contribution in [1.82, 2.24) is 0 Å². The molecule has 30 heavy (non-hydrogen) atoms. The highest BCUT2D eigenvalue weighted by molar-refractivity contribution is 7.91. The van der Waals surface area contributed by atoms with Crippen LogP contribution in [0.15, 0.2) is 47.4 Å². The number of nitrogens with one attached hydrogen (secondary N) is 1. The molecule has 2 amide bonds. The van der Waals surface area contributed by atoms with E-state index in [-0.39, 0.29) is 29.0 Å². The van der Waals surface area contributed by atoms with E-state index in [1.54, 1.807) is 41.3 Å².